The molecule has 0 aliphatic carbocycles. The van der Waals surface area contributed by atoms with E-state index in [0.717, 1.165) is 13.0 Å². The molecule has 0 fully saturated rings. The molecule has 0 radical (unpaired) electrons. The topological polar surface area (TPSA) is 49.6 Å². The van der Waals surface area contributed by atoms with Crippen LogP contribution in [0.3, 0.4) is 0 Å². The summed E-state index contributed by atoms with van der Waals surface area (Å²) in [7, 11) is 3.42. The minimum Gasteiger partial charge on any atom is -0.398 e. The van der Waals surface area contributed by atoms with Crippen LogP contribution in [-0.4, -0.2) is 42.9 Å². The number of carbonyl (C=O) groups excluding carboxylic acids is 1. The summed E-state index contributed by atoms with van der Waals surface area (Å²) in [5.74, 6) is -0.318. The molecule has 0 atom stereocenters. The Kier molecular flexibility index (Phi) is 5.76. The van der Waals surface area contributed by atoms with Crippen molar-refractivity contribution >= 4 is 11.6 Å². The van der Waals surface area contributed by atoms with E-state index in [1.165, 1.54) is 11.0 Å². The minimum absolute atomic E-state index is 0.00311. The van der Waals surface area contributed by atoms with E-state index in [4.69, 9.17) is 5.73 Å². The molecule has 0 saturated carbocycles. The molecule has 1 amide bonds. The molecule has 4 nitrogen and oxygen atoms in total. The van der Waals surface area contributed by atoms with Gasteiger partial charge in [-0.15, -0.1) is 0 Å². The summed E-state index contributed by atoms with van der Waals surface area (Å²) >= 11 is 0. The van der Waals surface area contributed by atoms with Crippen molar-refractivity contribution in [3.05, 3.63) is 29.6 Å². The predicted octanol–water partition coefficient (Wildman–Crippen LogP) is 1.71. The second-order valence-electron chi connectivity index (χ2n) is 4.81. The molecule has 0 bridgehead atoms. The van der Waals surface area contributed by atoms with Gasteiger partial charge in [0.25, 0.3) is 0 Å². The van der Waals surface area contributed by atoms with Gasteiger partial charge in [0.15, 0.2) is 0 Å². The number of amides is 1. The summed E-state index contributed by atoms with van der Waals surface area (Å²) in [5.41, 5.74) is 6.68. The first-order valence-electron chi connectivity index (χ1n) is 6.41. The first-order valence-corrected chi connectivity index (χ1v) is 6.41. The molecule has 0 heterocycles. The van der Waals surface area contributed by atoms with Crippen LogP contribution in [-0.2, 0) is 11.3 Å². The zero-order chi connectivity index (χ0) is 14.4. The lowest BCUT2D eigenvalue weighted by Crippen LogP contribution is -2.37. The molecule has 19 heavy (non-hydrogen) atoms. The van der Waals surface area contributed by atoms with Crippen LogP contribution < -0.4 is 5.73 Å². The van der Waals surface area contributed by atoms with E-state index in [2.05, 4.69) is 0 Å². The van der Waals surface area contributed by atoms with E-state index in [1.54, 1.807) is 26.2 Å². The van der Waals surface area contributed by atoms with Gasteiger partial charge in [0.05, 0.1) is 6.54 Å². The van der Waals surface area contributed by atoms with Gasteiger partial charge in [-0.1, -0.05) is 13.0 Å². The van der Waals surface area contributed by atoms with Gasteiger partial charge in [0, 0.05) is 31.9 Å². The maximum atomic E-state index is 13.7. The Bertz CT molecular complexity index is 414. The summed E-state index contributed by atoms with van der Waals surface area (Å²) in [6.07, 6.45) is 0.898. The molecule has 0 aliphatic heterocycles. The van der Waals surface area contributed by atoms with Crippen LogP contribution in [0.2, 0.25) is 0 Å². The highest BCUT2D eigenvalue weighted by atomic mass is 19.1. The summed E-state index contributed by atoms with van der Waals surface area (Å²) in [5, 5.41) is 0. The predicted molar refractivity (Wildman–Crippen MR) is 75.1 cm³/mol. The highest BCUT2D eigenvalue weighted by Gasteiger charge is 2.15. The summed E-state index contributed by atoms with van der Waals surface area (Å²) in [6.45, 7) is 3.38. The van der Waals surface area contributed by atoms with E-state index in [-0.39, 0.29) is 18.3 Å². The zero-order valence-electron chi connectivity index (χ0n) is 11.8. The number of nitrogen functional groups attached to an aromatic ring is 1. The molecular formula is C14H22FN3O. The molecule has 106 valence electrons. The second-order valence-corrected chi connectivity index (χ2v) is 4.81. The first kappa shape index (κ1) is 15.4. The maximum Gasteiger partial charge on any atom is 0.236 e. The van der Waals surface area contributed by atoms with Gasteiger partial charge in [0.1, 0.15) is 5.82 Å². The third-order valence-electron chi connectivity index (χ3n) is 2.93. The van der Waals surface area contributed by atoms with Gasteiger partial charge >= 0.3 is 0 Å². The van der Waals surface area contributed by atoms with E-state index >= 15 is 0 Å². The van der Waals surface area contributed by atoms with E-state index in [1.807, 2.05) is 11.8 Å². The van der Waals surface area contributed by atoms with Crippen LogP contribution in [0, 0.1) is 5.82 Å². The van der Waals surface area contributed by atoms with E-state index in [0.29, 0.717) is 17.8 Å². The van der Waals surface area contributed by atoms with Crippen LogP contribution in [0.5, 0.6) is 0 Å². The normalized spacial score (nSPS) is 10.8. The van der Waals surface area contributed by atoms with Crippen LogP contribution in [0.15, 0.2) is 18.2 Å². The largest absolute Gasteiger partial charge is 0.398 e. The fraction of sp³-hybridized carbons (Fsp3) is 0.500. The fourth-order valence-corrected chi connectivity index (χ4v) is 1.83. The number of hydrogen-bond donors (Lipinski definition) is 1. The standard InChI is InChI=1S/C14H22FN3O/c1-4-8-18(10-14(19)17(2)3)9-11-12(15)6-5-7-13(11)16/h5-7H,4,8-10,16H2,1-3H3. The van der Waals surface area contributed by atoms with Crippen molar-refractivity contribution in [2.45, 2.75) is 19.9 Å². The van der Waals surface area contributed by atoms with Crippen LogP contribution in [0.1, 0.15) is 18.9 Å². The SMILES string of the molecule is CCCN(CC(=O)N(C)C)Cc1c(N)cccc1F. The fourth-order valence-electron chi connectivity index (χ4n) is 1.83. The first-order chi connectivity index (χ1) is 8.95. The van der Waals surface area contributed by atoms with Crippen LogP contribution in [0.25, 0.3) is 0 Å². The second kappa shape index (κ2) is 7.09. The average molecular weight is 267 g/mol. The highest BCUT2D eigenvalue weighted by Crippen LogP contribution is 2.18. The summed E-state index contributed by atoms with van der Waals surface area (Å²) in [6, 6.07) is 4.66. The van der Waals surface area contributed by atoms with E-state index < -0.39 is 0 Å². The lowest BCUT2D eigenvalue weighted by molar-refractivity contribution is -0.130. The Labute approximate surface area is 114 Å². The number of nitrogens with zero attached hydrogens (tertiary/aromatic N) is 2. The summed E-state index contributed by atoms with van der Waals surface area (Å²) < 4.78 is 13.7. The van der Waals surface area contributed by atoms with Crippen molar-refractivity contribution in [3.8, 4) is 0 Å². The smallest absolute Gasteiger partial charge is 0.236 e. The van der Waals surface area contributed by atoms with Gasteiger partial charge in [-0.25, -0.2) is 4.39 Å². The van der Waals surface area contributed by atoms with Gasteiger partial charge in [0.2, 0.25) is 5.91 Å². The Morgan fingerprint density at radius 1 is 1.37 bits per heavy atom. The third-order valence-corrected chi connectivity index (χ3v) is 2.93. The third kappa shape index (κ3) is 4.52. The van der Waals surface area contributed by atoms with Gasteiger partial charge in [-0.05, 0) is 25.1 Å². The number of anilines is 1. The number of likely N-dealkylation sites (N-methyl/N-ethyl adjacent to an activating group) is 1. The van der Waals surface area contributed by atoms with Crippen molar-refractivity contribution in [1.29, 1.82) is 0 Å². The number of hydrogen-bond acceptors (Lipinski definition) is 3. The molecular weight excluding hydrogens is 245 g/mol. The molecule has 0 saturated heterocycles. The number of rotatable bonds is 6. The van der Waals surface area contributed by atoms with Crippen molar-refractivity contribution in [2.24, 2.45) is 0 Å². The van der Waals surface area contributed by atoms with Crippen LogP contribution in [0.4, 0.5) is 10.1 Å². The Balaban J connectivity index is 2.81. The molecule has 1 aromatic carbocycles. The van der Waals surface area contributed by atoms with Gasteiger partial charge in [-0.3, -0.25) is 9.69 Å². The highest BCUT2D eigenvalue weighted by molar-refractivity contribution is 5.77. The molecule has 0 aliphatic rings. The lowest BCUT2D eigenvalue weighted by Gasteiger charge is -2.23. The number of benzene rings is 1. The van der Waals surface area contributed by atoms with Crippen molar-refractivity contribution < 1.29 is 9.18 Å². The van der Waals surface area contributed by atoms with Gasteiger partial charge < -0.3 is 10.6 Å². The number of halogens is 1. The van der Waals surface area contributed by atoms with Crippen LogP contribution >= 0.6 is 0 Å². The summed E-state index contributed by atoms with van der Waals surface area (Å²) in [4.78, 5) is 15.2. The molecule has 1 rings (SSSR count). The Hall–Kier alpha value is -1.62. The maximum absolute atomic E-state index is 13.7. The molecule has 0 spiro atoms. The number of carbonyl (C=O) groups is 1. The lowest BCUT2D eigenvalue weighted by atomic mass is 10.1. The van der Waals surface area contributed by atoms with Gasteiger partial charge in [-0.2, -0.15) is 0 Å². The zero-order valence-corrected chi connectivity index (χ0v) is 11.8. The molecule has 1 aromatic rings. The van der Waals surface area contributed by atoms with Crippen molar-refractivity contribution in [2.75, 3.05) is 32.9 Å². The monoisotopic (exact) mass is 267 g/mol. The average Bonchev–Trinajstić information content (AvgIpc) is 2.34. The molecule has 0 unspecified atom stereocenters. The molecule has 0 aromatic heterocycles. The Morgan fingerprint density at radius 3 is 2.58 bits per heavy atom. The number of nitrogens with two attached hydrogens (primary N) is 1. The van der Waals surface area contributed by atoms with E-state index in [9.17, 15) is 9.18 Å². The quantitative estimate of drug-likeness (QED) is 0.798. The Morgan fingerprint density at radius 2 is 2.05 bits per heavy atom. The minimum atomic E-state index is -0.321. The van der Waals surface area contributed by atoms with Crippen molar-refractivity contribution in [3.63, 3.8) is 0 Å². The molecule has 2 N–H and O–H groups in total. The molecule has 5 heteroatoms. The van der Waals surface area contributed by atoms with Crippen molar-refractivity contribution in [1.82, 2.24) is 9.80 Å².